The number of hydrogen-bond acceptors (Lipinski definition) is 10. The molecule has 0 radical (unpaired) electrons. The van der Waals surface area contributed by atoms with Gasteiger partial charge in [-0.15, -0.1) is 6.58 Å². The van der Waals surface area contributed by atoms with Gasteiger partial charge in [-0.05, 0) is 88.3 Å². The quantitative estimate of drug-likeness (QED) is 0.152. The molecule has 5 atom stereocenters. The summed E-state index contributed by atoms with van der Waals surface area (Å²) in [5, 5.41) is 6.30. The monoisotopic (exact) mass is 834 g/mol. The van der Waals surface area contributed by atoms with Crippen LogP contribution in [0.4, 0.5) is 4.79 Å². The summed E-state index contributed by atoms with van der Waals surface area (Å²) in [5.74, 6) is -0.804. The topological polar surface area (TPSA) is 186 Å². The number of unbranched alkanes of at least 4 members (excludes halogenated alkanes) is 1. The number of rotatable bonds is 17. The van der Waals surface area contributed by atoms with Crippen LogP contribution in [0, 0.1) is 11.8 Å². The number of allylic oxidation sites excluding steroid dienone is 1. The van der Waals surface area contributed by atoms with E-state index in [9.17, 15) is 27.6 Å². The summed E-state index contributed by atoms with van der Waals surface area (Å²) in [4.78, 5) is 63.2. The number of fused-ring (bicyclic) bond motifs is 1. The third-order valence-corrected chi connectivity index (χ3v) is 14.4. The fourth-order valence-electron chi connectivity index (χ4n) is 8.84. The van der Waals surface area contributed by atoms with Crippen LogP contribution in [0.2, 0.25) is 0 Å². The summed E-state index contributed by atoms with van der Waals surface area (Å²) in [5.41, 5.74) is 0.245. The van der Waals surface area contributed by atoms with Crippen molar-refractivity contribution in [3.8, 4) is 11.6 Å². The molecule has 0 unspecified atom stereocenters. The molecule has 3 saturated carbocycles. The summed E-state index contributed by atoms with van der Waals surface area (Å²) >= 11 is 0. The minimum absolute atomic E-state index is 0.0700. The van der Waals surface area contributed by atoms with Crippen molar-refractivity contribution in [3.05, 3.63) is 48.6 Å². The molecule has 5 amide bonds. The lowest BCUT2D eigenvalue weighted by Gasteiger charge is -2.35. The molecule has 7 rings (SSSR count). The zero-order valence-corrected chi connectivity index (χ0v) is 35.0. The lowest BCUT2D eigenvalue weighted by Crippen LogP contribution is -2.60. The molecule has 5 fully saturated rings. The molecule has 3 aliphatic carbocycles. The standard InChI is InChI=1S/C43H58N6O9S/c1-4-31-26-43(31,41(52)47-59(54,55)34-18-19-34)46-38(50)36-15-11-21-49(36)40(51)37(28-12-7-5-8-13-28)45-42(53)48-22-20-33(27-48)58-23-10-6-9-14-30-24-29-16-17-32(56-2)25-35(29)44-39(30)57-3/h4,9,14,16-17,24-25,28,31,33-34,36-37H,1,5-8,10-13,15,18-23,26-27H2,2-3H3,(H,45,53)(H,46,50)(H,47,52)/b14-9+/t31-,33+,36+,37+,43-/m1/s1. The van der Waals surface area contributed by atoms with Crippen LogP contribution in [0.3, 0.4) is 0 Å². The van der Waals surface area contributed by atoms with Crippen molar-refractivity contribution >= 4 is 50.8 Å². The number of pyridine rings is 1. The fraction of sp³-hybridized carbons (Fsp3) is 0.605. The van der Waals surface area contributed by atoms with Crippen LogP contribution >= 0.6 is 0 Å². The van der Waals surface area contributed by atoms with E-state index in [4.69, 9.17) is 14.2 Å². The normalized spacial score (nSPS) is 25.2. The number of carbonyl (C=O) groups is 4. The highest BCUT2D eigenvalue weighted by atomic mass is 32.2. The van der Waals surface area contributed by atoms with E-state index < -0.39 is 50.6 Å². The second-order valence-corrected chi connectivity index (χ2v) is 18.6. The Kier molecular flexibility index (Phi) is 13.1. The van der Waals surface area contributed by atoms with Gasteiger partial charge < -0.3 is 34.6 Å². The van der Waals surface area contributed by atoms with Crippen LogP contribution in [0.5, 0.6) is 11.6 Å². The van der Waals surface area contributed by atoms with Gasteiger partial charge in [-0.2, -0.15) is 0 Å². The Morgan fingerprint density at radius 1 is 1.00 bits per heavy atom. The molecule has 5 aliphatic rings. The van der Waals surface area contributed by atoms with E-state index >= 15 is 0 Å². The molecule has 15 nitrogen and oxygen atoms in total. The zero-order valence-electron chi connectivity index (χ0n) is 34.2. The van der Waals surface area contributed by atoms with Gasteiger partial charge >= 0.3 is 6.03 Å². The summed E-state index contributed by atoms with van der Waals surface area (Å²) in [6.07, 6.45) is 14.5. The van der Waals surface area contributed by atoms with E-state index in [2.05, 4.69) is 33.0 Å². The average Bonchev–Trinajstić information content (AvgIpc) is 4.12. The van der Waals surface area contributed by atoms with Crippen molar-refractivity contribution in [2.75, 3.05) is 40.5 Å². The third kappa shape index (κ3) is 9.69. The van der Waals surface area contributed by atoms with Gasteiger partial charge in [-0.1, -0.05) is 37.5 Å². The zero-order chi connectivity index (χ0) is 41.7. The number of benzene rings is 1. The predicted molar refractivity (Wildman–Crippen MR) is 222 cm³/mol. The van der Waals surface area contributed by atoms with Crippen LogP contribution < -0.4 is 24.8 Å². The molecule has 3 heterocycles. The Balaban J connectivity index is 0.913. The van der Waals surface area contributed by atoms with E-state index in [1.807, 2.05) is 30.3 Å². The van der Waals surface area contributed by atoms with Gasteiger partial charge in [0.25, 0.3) is 5.91 Å². The highest BCUT2D eigenvalue weighted by Crippen LogP contribution is 2.45. The molecule has 2 aliphatic heterocycles. The Morgan fingerprint density at radius 2 is 1.80 bits per heavy atom. The average molecular weight is 835 g/mol. The second kappa shape index (κ2) is 18.3. The van der Waals surface area contributed by atoms with E-state index in [-0.39, 0.29) is 30.4 Å². The van der Waals surface area contributed by atoms with E-state index in [1.54, 1.807) is 30.1 Å². The minimum Gasteiger partial charge on any atom is -0.497 e. The van der Waals surface area contributed by atoms with Crippen LogP contribution in [0.15, 0.2) is 43.0 Å². The lowest BCUT2D eigenvalue weighted by molar-refractivity contribution is -0.142. The Labute approximate surface area is 346 Å². The molecule has 59 heavy (non-hydrogen) atoms. The molecular formula is C43H58N6O9S. The molecule has 16 heteroatoms. The number of aromatic nitrogens is 1. The lowest BCUT2D eigenvalue weighted by atomic mass is 9.83. The molecule has 0 spiro atoms. The minimum atomic E-state index is -3.82. The number of nitrogens with zero attached hydrogens (tertiary/aromatic N) is 3. The van der Waals surface area contributed by atoms with Crippen molar-refractivity contribution in [3.63, 3.8) is 0 Å². The van der Waals surface area contributed by atoms with Gasteiger partial charge in [0.1, 0.15) is 23.4 Å². The first-order valence-electron chi connectivity index (χ1n) is 21.1. The SMILES string of the molecule is C=C[C@@H]1C[C@]1(NC(=O)[C@@H]1CCCN1C(=O)[C@@H](NC(=O)N1CC[C@H](OCCC/C=C/c2cc3ccc(OC)cc3nc2OC)C1)C1CCCCC1)C(=O)NS(=O)(=O)C1CC1. The molecular weight excluding hydrogens is 777 g/mol. The van der Waals surface area contributed by atoms with Crippen molar-refractivity contribution in [2.45, 2.75) is 112 Å². The van der Waals surface area contributed by atoms with Crippen molar-refractivity contribution < 1.29 is 41.8 Å². The number of urea groups is 1. The first-order chi connectivity index (χ1) is 28.5. The van der Waals surface area contributed by atoms with Crippen LogP contribution in [-0.4, -0.2) is 116 Å². The molecule has 0 bridgehead atoms. The van der Waals surface area contributed by atoms with Gasteiger partial charge in [0.05, 0.1) is 31.1 Å². The van der Waals surface area contributed by atoms with Crippen molar-refractivity contribution in [2.24, 2.45) is 11.8 Å². The number of ether oxygens (including phenoxy) is 3. The van der Waals surface area contributed by atoms with Gasteiger partial charge in [0.2, 0.25) is 27.7 Å². The molecule has 320 valence electrons. The number of carbonyl (C=O) groups excluding carboxylic acids is 4. The summed E-state index contributed by atoms with van der Waals surface area (Å²) in [6.45, 7) is 5.57. The van der Waals surface area contributed by atoms with Gasteiger partial charge in [-0.25, -0.2) is 18.2 Å². The number of nitrogens with one attached hydrogen (secondary N) is 3. The first kappa shape index (κ1) is 42.4. The van der Waals surface area contributed by atoms with Crippen molar-refractivity contribution in [1.29, 1.82) is 0 Å². The number of methoxy groups -OCH3 is 2. The van der Waals surface area contributed by atoms with E-state index in [0.717, 1.165) is 67.2 Å². The highest BCUT2D eigenvalue weighted by molar-refractivity contribution is 7.91. The van der Waals surface area contributed by atoms with Crippen LogP contribution in [0.1, 0.15) is 89.0 Å². The summed E-state index contributed by atoms with van der Waals surface area (Å²) in [7, 11) is -0.598. The fourth-order valence-corrected chi connectivity index (χ4v) is 10.2. The maximum Gasteiger partial charge on any atom is 0.318 e. The Morgan fingerprint density at radius 3 is 2.51 bits per heavy atom. The largest absolute Gasteiger partial charge is 0.497 e. The maximum absolute atomic E-state index is 14.4. The number of likely N-dealkylation sites (tertiary alicyclic amines) is 2. The van der Waals surface area contributed by atoms with E-state index in [0.29, 0.717) is 64.2 Å². The van der Waals surface area contributed by atoms with Gasteiger partial charge in [-0.3, -0.25) is 19.1 Å². The molecule has 1 aromatic heterocycles. The summed E-state index contributed by atoms with van der Waals surface area (Å²) in [6, 6.07) is 5.82. The van der Waals surface area contributed by atoms with Gasteiger partial charge in [0, 0.05) is 49.2 Å². The van der Waals surface area contributed by atoms with Gasteiger partial charge in [0.15, 0.2) is 0 Å². The molecule has 2 aromatic rings. The molecule has 3 N–H and O–H groups in total. The maximum atomic E-state index is 14.4. The number of amides is 5. The van der Waals surface area contributed by atoms with Crippen molar-refractivity contribution in [1.82, 2.24) is 30.1 Å². The van der Waals surface area contributed by atoms with Crippen LogP contribution in [-0.2, 0) is 29.1 Å². The third-order valence-electron chi connectivity index (χ3n) is 12.6. The van der Waals surface area contributed by atoms with E-state index in [1.165, 1.54) is 0 Å². The Bertz CT molecular complexity index is 2050. The highest BCUT2D eigenvalue weighted by Gasteiger charge is 2.61. The predicted octanol–water partition coefficient (Wildman–Crippen LogP) is 4.46. The van der Waals surface area contributed by atoms with Crippen LogP contribution in [0.25, 0.3) is 17.0 Å². The Hall–Kier alpha value is -4.70. The first-order valence-corrected chi connectivity index (χ1v) is 22.7. The molecule has 2 saturated heterocycles. The second-order valence-electron chi connectivity index (χ2n) is 16.6. The molecule has 1 aromatic carbocycles. The number of sulfonamides is 1. The smallest absolute Gasteiger partial charge is 0.318 e. The summed E-state index contributed by atoms with van der Waals surface area (Å²) < 4.78 is 44.4. The number of hydrogen-bond donors (Lipinski definition) is 3.